The molecule has 0 bridgehead atoms. The Morgan fingerprint density at radius 3 is 2.79 bits per heavy atom. The zero-order chi connectivity index (χ0) is 19.3. The van der Waals surface area contributed by atoms with E-state index in [1.807, 2.05) is 43.3 Å². The van der Waals surface area contributed by atoms with Gasteiger partial charge in [-0.2, -0.15) is 5.10 Å². The summed E-state index contributed by atoms with van der Waals surface area (Å²) in [7, 11) is 0. The molecule has 0 spiro atoms. The molecule has 4 rings (SSSR count). The summed E-state index contributed by atoms with van der Waals surface area (Å²) in [5.41, 5.74) is 1.11. The van der Waals surface area contributed by atoms with E-state index < -0.39 is 0 Å². The molecule has 1 aromatic carbocycles. The first-order valence-electron chi connectivity index (χ1n) is 9.48. The fourth-order valence-electron chi connectivity index (χ4n) is 3.52. The Hall–Kier alpha value is -3.29. The lowest BCUT2D eigenvalue weighted by Gasteiger charge is -2.33. The average Bonchev–Trinajstić information content (AvgIpc) is 3.29. The van der Waals surface area contributed by atoms with Crippen molar-refractivity contribution in [2.24, 2.45) is 5.92 Å². The summed E-state index contributed by atoms with van der Waals surface area (Å²) in [5, 5.41) is 7.26. The van der Waals surface area contributed by atoms with E-state index in [9.17, 15) is 4.79 Å². The average molecular weight is 377 g/mol. The maximum Gasteiger partial charge on any atom is 0.225 e. The van der Waals surface area contributed by atoms with Crippen molar-refractivity contribution in [1.29, 1.82) is 0 Å². The maximum atomic E-state index is 12.8. The minimum Gasteiger partial charge on any atom is -0.356 e. The van der Waals surface area contributed by atoms with Crippen LogP contribution in [-0.4, -0.2) is 43.7 Å². The number of piperidine rings is 1. The summed E-state index contributed by atoms with van der Waals surface area (Å²) in [6.07, 6.45) is 6.42. The van der Waals surface area contributed by atoms with Crippen molar-refractivity contribution in [2.75, 3.05) is 18.0 Å². The van der Waals surface area contributed by atoms with E-state index in [2.05, 4.69) is 30.3 Å². The van der Waals surface area contributed by atoms with Gasteiger partial charge in [0.25, 0.3) is 0 Å². The van der Waals surface area contributed by atoms with Gasteiger partial charge in [-0.1, -0.05) is 30.3 Å². The van der Waals surface area contributed by atoms with Crippen molar-refractivity contribution >= 4 is 11.7 Å². The van der Waals surface area contributed by atoms with Crippen molar-refractivity contribution in [3.63, 3.8) is 0 Å². The molecule has 28 heavy (non-hydrogen) atoms. The third-order valence-electron chi connectivity index (χ3n) is 5.07. The molecular formula is C20H23N7O. The van der Waals surface area contributed by atoms with Gasteiger partial charge < -0.3 is 10.2 Å². The molecule has 8 heteroatoms. The van der Waals surface area contributed by atoms with Crippen LogP contribution in [0.15, 0.2) is 55.4 Å². The molecule has 0 saturated carbocycles. The summed E-state index contributed by atoms with van der Waals surface area (Å²) in [6, 6.07) is 11.9. The van der Waals surface area contributed by atoms with Crippen molar-refractivity contribution in [1.82, 2.24) is 30.0 Å². The molecule has 3 aromatic rings. The predicted molar refractivity (Wildman–Crippen MR) is 105 cm³/mol. The molecule has 144 valence electrons. The standard InChI is InChI=1S/C20H23N7O/c1-15(16-6-3-2-4-7-16)25-20(28)17-8-5-9-26(11-17)18-10-19(23-13-22-18)27-14-21-12-24-27/h2-4,6-7,10,12-15,17H,5,8-9,11H2,1H3,(H,25,28). The fourth-order valence-corrected chi connectivity index (χ4v) is 3.52. The Balaban J connectivity index is 1.43. The first-order chi connectivity index (χ1) is 13.7. The molecule has 2 atom stereocenters. The number of carbonyl (C=O) groups excluding carboxylic acids is 1. The van der Waals surface area contributed by atoms with E-state index in [1.165, 1.54) is 12.7 Å². The molecule has 1 amide bonds. The summed E-state index contributed by atoms with van der Waals surface area (Å²) in [4.78, 5) is 27.6. The van der Waals surface area contributed by atoms with E-state index in [-0.39, 0.29) is 17.9 Å². The molecular weight excluding hydrogens is 354 g/mol. The van der Waals surface area contributed by atoms with Crippen LogP contribution in [0.4, 0.5) is 5.82 Å². The van der Waals surface area contributed by atoms with Crippen LogP contribution in [0.1, 0.15) is 31.4 Å². The van der Waals surface area contributed by atoms with E-state index in [0.29, 0.717) is 12.4 Å². The fraction of sp³-hybridized carbons (Fsp3) is 0.350. The number of amides is 1. The summed E-state index contributed by atoms with van der Waals surface area (Å²) in [5.74, 6) is 1.48. The zero-order valence-electron chi connectivity index (χ0n) is 15.8. The Morgan fingerprint density at radius 2 is 2.00 bits per heavy atom. The van der Waals surface area contributed by atoms with Gasteiger partial charge in [0.2, 0.25) is 5.91 Å². The quantitative estimate of drug-likeness (QED) is 0.733. The minimum absolute atomic E-state index is 0.0120. The largest absolute Gasteiger partial charge is 0.356 e. The Morgan fingerprint density at radius 1 is 1.18 bits per heavy atom. The highest BCUT2D eigenvalue weighted by Crippen LogP contribution is 2.23. The first kappa shape index (κ1) is 18.1. The molecule has 0 radical (unpaired) electrons. The van der Waals surface area contributed by atoms with Gasteiger partial charge in [0, 0.05) is 19.2 Å². The molecule has 2 unspecified atom stereocenters. The Bertz CT molecular complexity index is 913. The normalized spacial score (nSPS) is 17.9. The van der Waals surface area contributed by atoms with Crippen LogP contribution in [0.25, 0.3) is 5.82 Å². The smallest absolute Gasteiger partial charge is 0.225 e. The molecule has 1 saturated heterocycles. The summed E-state index contributed by atoms with van der Waals surface area (Å²) in [6.45, 7) is 3.52. The van der Waals surface area contributed by atoms with Gasteiger partial charge >= 0.3 is 0 Å². The summed E-state index contributed by atoms with van der Waals surface area (Å²) < 4.78 is 1.60. The lowest BCUT2D eigenvalue weighted by atomic mass is 9.96. The van der Waals surface area contributed by atoms with Gasteiger partial charge in [0.1, 0.15) is 24.8 Å². The van der Waals surface area contributed by atoms with Crippen molar-refractivity contribution in [3.05, 3.63) is 60.9 Å². The first-order valence-corrected chi connectivity index (χ1v) is 9.48. The van der Waals surface area contributed by atoms with Gasteiger partial charge in [0.05, 0.1) is 12.0 Å². The van der Waals surface area contributed by atoms with E-state index in [0.717, 1.165) is 30.8 Å². The second-order valence-corrected chi connectivity index (χ2v) is 7.00. The number of rotatable bonds is 5. The van der Waals surface area contributed by atoms with E-state index in [4.69, 9.17) is 0 Å². The second-order valence-electron chi connectivity index (χ2n) is 7.00. The topological polar surface area (TPSA) is 88.8 Å². The molecule has 2 aromatic heterocycles. The number of aromatic nitrogens is 5. The number of nitrogens with zero attached hydrogens (tertiary/aromatic N) is 6. The number of carbonyl (C=O) groups is 1. The van der Waals surface area contributed by atoms with E-state index >= 15 is 0 Å². The van der Waals surface area contributed by atoms with Crippen LogP contribution < -0.4 is 10.2 Å². The molecule has 1 aliphatic heterocycles. The number of benzene rings is 1. The van der Waals surface area contributed by atoms with Gasteiger partial charge in [-0.15, -0.1) is 0 Å². The third-order valence-corrected chi connectivity index (χ3v) is 5.07. The van der Waals surface area contributed by atoms with Crippen molar-refractivity contribution in [2.45, 2.75) is 25.8 Å². The maximum absolute atomic E-state index is 12.8. The lowest BCUT2D eigenvalue weighted by molar-refractivity contribution is -0.125. The van der Waals surface area contributed by atoms with Gasteiger partial charge in [-0.3, -0.25) is 4.79 Å². The zero-order valence-corrected chi connectivity index (χ0v) is 15.8. The number of hydrogen-bond acceptors (Lipinski definition) is 6. The highest BCUT2D eigenvalue weighted by atomic mass is 16.2. The number of nitrogens with one attached hydrogen (secondary N) is 1. The van der Waals surface area contributed by atoms with Gasteiger partial charge in [-0.25, -0.2) is 19.6 Å². The van der Waals surface area contributed by atoms with Gasteiger partial charge in [-0.05, 0) is 25.3 Å². The molecule has 1 aliphatic rings. The number of anilines is 1. The third kappa shape index (κ3) is 4.00. The van der Waals surface area contributed by atoms with Crippen LogP contribution in [0.5, 0.6) is 0 Å². The van der Waals surface area contributed by atoms with Crippen molar-refractivity contribution < 1.29 is 4.79 Å². The lowest BCUT2D eigenvalue weighted by Crippen LogP contribution is -2.44. The SMILES string of the molecule is CC(NC(=O)C1CCCN(c2cc(-n3cncn3)ncn2)C1)c1ccccc1. The van der Waals surface area contributed by atoms with Crippen LogP contribution in [0, 0.1) is 5.92 Å². The predicted octanol–water partition coefficient (Wildman–Crippen LogP) is 2.15. The molecule has 1 fully saturated rings. The molecule has 0 aliphatic carbocycles. The summed E-state index contributed by atoms with van der Waals surface area (Å²) >= 11 is 0. The van der Waals surface area contributed by atoms with Gasteiger partial charge in [0.15, 0.2) is 5.82 Å². The van der Waals surface area contributed by atoms with Crippen LogP contribution in [0.3, 0.4) is 0 Å². The highest BCUT2D eigenvalue weighted by Gasteiger charge is 2.27. The van der Waals surface area contributed by atoms with Crippen LogP contribution in [0.2, 0.25) is 0 Å². The van der Waals surface area contributed by atoms with Crippen LogP contribution in [-0.2, 0) is 4.79 Å². The number of hydrogen-bond donors (Lipinski definition) is 1. The monoisotopic (exact) mass is 377 g/mol. The van der Waals surface area contributed by atoms with Crippen LogP contribution >= 0.6 is 0 Å². The molecule has 3 heterocycles. The Labute approximate surface area is 163 Å². The second kappa shape index (κ2) is 8.16. The van der Waals surface area contributed by atoms with Crippen molar-refractivity contribution in [3.8, 4) is 5.82 Å². The molecule has 8 nitrogen and oxygen atoms in total. The Kier molecular flexibility index (Phi) is 5.27. The highest BCUT2D eigenvalue weighted by molar-refractivity contribution is 5.80. The minimum atomic E-state index is -0.0651. The molecule has 1 N–H and O–H groups in total. The van der Waals surface area contributed by atoms with E-state index in [1.54, 1.807) is 11.0 Å².